The number of nitrogens with zero attached hydrogens (tertiary/aromatic N) is 2. The molecule has 0 unspecified atom stereocenters. The number of fused-ring (bicyclic) bond motifs is 3. The van der Waals surface area contributed by atoms with Gasteiger partial charge in [-0.3, -0.25) is 4.79 Å². The molecule has 2 heterocycles. The second-order valence-electron chi connectivity index (χ2n) is 7.37. The summed E-state index contributed by atoms with van der Waals surface area (Å²) in [5, 5.41) is 7.31. The van der Waals surface area contributed by atoms with Gasteiger partial charge in [0.2, 0.25) is 0 Å². The fourth-order valence-corrected chi connectivity index (χ4v) is 4.23. The Kier molecular flexibility index (Phi) is 3.60. The molecule has 1 N–H and O–H groups in total. The first kappa shape index (κ1) is 15.9. The predicted molar refractivity (Wildman–Crippen MR) is 89.3 cm³/mol. The molecule has 7 heteroatoms. The van der Waals surface area contributed by atoms with Crippen molar-refractivity contribution in [3.63, 3.8) is 0 Å². The van der Waals surface area contributed by atoms with Crippen LogP contribution in [0.4, 0.5) is 8.78 Å². The summed E-state index contributed by atoms with van der Waals surface area (Å²) in [6.45, 7) is 1.19. The van der Waals surface area contributed by atoms with Crippen LogP contribution in [0, 0.1) is 17.6 Å². The molecule has 3 atom stereocenters. The lowest BCUT2D eigenvalue weighted by Gasteiger charge is -2.10. The maximum absolute atomic E-state index is 14.3. The summed E-state index contributed by atoms with van der Waals surface area (Å²) >= 11 is 0. The van der Waals surface area contributed by atoms with Crippen LogP contribution in [-0.4, -0.2) is 34.9 Å². The number of hydrogen-bond donors (Lipinski definition) is 1. The standard InChI is InChI=1S/C19H19F2N3O2/c20-11-3-4-16(15(21)8-11)24-18-13-6-10(13)7-14(18)17(23-24)19(25)22-9-12-2-1-5-26-12/h3-4,8,10,12-13H,1-2,5-7,9H2,(H,22,25)/t10-,12+,13-/m1/s1. The third-order valence-electron chi connectivity index (χ3n) is 5.63. The van der Waals surface area contributed by atoms with Gasteiger partial charge in [0.25, 0.3) is 5.91 Å². The Bertz CT molecular complexity index is 889. The second-order valence-corrected chi connectivity index (χ2v) is 7.37. The van der Waals surface area contributed by atoms with Crippen molar-refractivity contribution < 1.29 is 18.3 Å². The molecule has 5 nitrogen and oxygen atoms in total. The lowest BCUT2D eigenvalue weighted by Crippen LogP contribution is -2.32. The van der Waals surface area contributed by atoms with E-state index < -0.39 is 11.6 Å². The van der Waals surface area contributed by atoms with Gasteiger partial charge >= 0.3 is 0 Å². The minimum absolute atomic E-state index is 0.0528. The summed E-state index contributed by atoms with van der Waals surface area (Å²) in [6.07, 6.45) is 3.84. The highest BCUT2D eigenvalue weighted by atomic mass is 19.1. The fourth-order valence-electron chi connectivity index (χ4n) is 4.23. The number of benzene rings is 1. The molecular formula is C19H19F2N3O2. The van der Waals surface area contributed by atoms with E-state index in [9.17, 15) is 13.6 Å². The van der Waals surface area contributed by atoms with Crippen LogP contribution in [0.15, 0.2) is 18.2 Å². The quantitative estimate of drug-likeness (QED) is 0.913. The number of carbonyl (C=O) groups excluding carboxylic acids is 1. The van der Waals surface area contributed by atoms with E-state index in [4.69, 9.17) is 4.74 Å². The summed E-state index contributed by atoms with van der Waals surface area (Å²) in [5.74, 6) is -0.719. The molecule has 1 amide bonds. The molecule has 1 aromatic carbocycles. The van der Waals surface area contributed by atoms with Crippen LogP contribution in [-0.2, 0) is 11.2 Å². The van der Waals surface area contributed by atoms with Crippen LogP contribution in [0.25, 0.3) is 5.69 Å². The van der Waals surface area contributed by atoms with Crippen LogP contribution in [0.2, 0.25) is 0 Å². The van der Waals surface area contributed by atoms with E-state index in [-0.39, 0.29) is 17.7 Å². The van der Waals surface area contributed by atoms with E-state index in [1.54, 1.807) is 0 Å². The normalized spacial score (nSPS) is 25.8. The van der Waals surface area contributed by atoms with Crippen molar-refractivity contribution in [2.45, 2.75) is 37.7 Å². The topological polar surface area (TPSA) is 56.1 Å². The maximum atomic E-state index is 14.3. The first-order chi connectivity index (χ1) is 12.6. The zero-order valence-electron chi connectivity index (χ0n) is 14.2. The Hall–Kier alpha value is -2.28. The number of carbonyl (C=O) groups is 1. The van der Waals surface area contributed by atoms with Gasteiger partial charge in [0, 0.05) is 30.7 Å². The van der Waals surface area contributed by atoms with Crippen molar-refractivity contribution in [3.05, 3.63) is 46.8 Å². The van der Waals surface area contributed by atoms with Crippen LogP contribution < -0.4 is 5.32 Å². The minimum Gasteiger partial charge on any atom is -0.376 e. The summed E-state index contributed by atoms with van der Waals surface area (Å²) < 4.78 is 34.6. The highest BCUT2D eigenvalue weighted by Gasteiger charge is 2.50. The molecule has 136 valence electrons. The van der Waals surface area contributed by atoms with E-state index in [0.29, 0.717) is 24.1 Å². The van der Waals surface area contributed by atoms with Crippen molar-refractivity contribution in [1.29, 1.82) is 0 Å². The first-order valence-electron chi connectivity index (χ1n) is 9.09. The van der Waals surface area contributed by atoms with Gasteiger partial charge in [-0.05, 0) is 43.7 Å². The Morgan fingerprint density at radius 2 is 2.27 bits per heavy atom. The maximum Gasteiger partial charge on any atom is 0.272 e. The lowest BCUT2D eigenvalue weighted by molar-refractivity contribution is 0.0852. The highest BCUT2D eigenvalue weighted by Crippen LogP contribution is 2.57. The summed E-state index contributed by atoms with van der Waals surface area (Å²) in [6, 6.07) is 3.44. The third-order valence-corrected chi connectivity index (χ3v) is 5.63. The molecule has 26 heavy (non-hydrogen) atoms. The average Bonchev–Trinajstić information content (AvgIpc) is 3.01. The van der Waals surface area contributed by atoms with Gasteiger partial charge in [-0.25, -0.2) is 13.5 Å². The number of nitrogens with one attached hydrogen (secondary N) is 1. The van der Waals surface area contributed by atoms with Crippen molar-refractivity contribution in [2.24, 2.45) is 5.92 Å². The van der Waals surface area contributed by atoms with Crippen LogP contribution >= 0.6 is 0 Å². The number of hydrogen-bond acceptors (Lipinski definition) is 3. The van der Waals surface area contributed by atoms with Crippen LogP contribution in [0.3, 0.4) is 0 Å². The van der Waals surface area contributed by atoms with Crippen molar-refractivity contribution in [3.8, 4) is 5.69 Å². The molecule has 1 saturated heterocycles. The zero-order chi connectivity index (χ0) is 17.8. The van der Waals surface area contributed by atoms with E-state index in [0.717, 1.165) is 49.6 Å². The molecule has 5 rings (SSSR count). The van der Waals surface area contributed by atoms with Gasteiger partial charge in [-0.1, -0.05) is 0 Å². The van der Waals surface area contributed by atoms with Crippen molar-refractivity contribution >= 4 is 5.91 Å². The lowest BCUT2D eigenvalue weighted by atomic mass is 10.1. The number of rotatable bonds is 4. The number of aromatic nitrogens is 2. The first-order valence-corrected chi connectivity index (χ1v) is 9.09. The van der Waals surface area contributed by atoms with Gasteiger partial charge in [0.1, 0.15) is 11.5 Å². The fraction of sp³-hybridized carbons (Fsp3) is 0.474. The molecule has 1 aliphatic heterocycles. The van der Waals surface area contributed by atoms with E-state index in [2.05, 4.69) is 10.4 Å². The Labute approximate surface area is 149 Å². The molecule has 2 fully saturated rings. The molecule has 1 aromatic heterocycles. The Morgan fingerprint density at radius 3 is 3.04 bits per heavy atom. The van der Waals surface area contributed by atoms with Gasteiger partial charge in [0.05, 0.1) is 11.8 Å². The summed E-state index contributed by atoms with van der Waals surface area (Å²) in [4.78, 5) is 12.7. The summed E-state index contributed by atoms with van der Waals surface area (Å²) in [5.41, 5.74) is 2.35. The number of ether oxygens (including phenoxy) is 1. The smallest absolute Gasteiger partial charge is 0.272 e. The van der Waals surface area contributed by atoms with E-state index >= 15 is 0 Å². The van der Waals surface area contributed by atoms with Gasteiger partial charge in [0.15, 0.2) is 11.5 Å². The van der Waals surface area contributed by atoms with Crippen molar-refractivity contribution in [2.75, 3.05) is 13.2 Å². The summed E-state index contributed by atoms with van der Waals surface area (Å²) in [7, 11) is 0. The van der Waals surface area contributed by atoms with Gasteiger partial charge in [-0.15, -0.1) is 0 Å². The van der Waals surface area contributed by atoms with Crippen LogP contribution in [0.1, 0.15) is 46.9 Å². The second kappa shape index (κ2) is 5.87. The van der Waals surface area contributed by atoms with Crippen LogP contribution in [0.5, 0.6) is 0 Å². The predicted octanol–water partition coefficient (Wildman–Crippen LogP) is 2.72. The molecule has 0 spiro atoms. The molecule has 1 saturated carbocycles. The number of halogens is 2. The highest BCUT2D eigenvalue weighted by molar-refractivity contribution is 5.94. The monoisotopic (exact) mass is 359 g/mol. The van der Waals surface area contributed by atoms with E-state index in [1.807, 2.05) is 0 Å². The van der Waals surface area contributed by atoms with Gasteiger partial charge in [-0.2, -0.15) is 5.10 Å². The Balaban J connectivity index is 1.47. The zero-order valence-corrected chi connectivity index (χ0v) is 14.2. The number of amides is 1. The van der Waals surface area contributed by atoms with Gasteiger partial charge < -0.3 is 10.1 Å². The third kappa shape index (κ3) is 2.53. The molecule has 3 aliphatic rings. The minimum atomic E-state index is -0.675. The molecule has 0 bridgehead atoms. The SMILES string of the molecule is O=C(NC[C@@H]1CCCO1)c1nn(-c2ccc(F)cc2F)c2c1C[C@H]1C[C@@H]21. The largest absolute Gasteiger partial charge is 0.376 e. The average molecular weight is 359 g/mol. The molecule has 2 aliphatic carbocycles. The van der Waals surface area contributed by atoms with E-state index in [1.165, 1.54) is 16.8 Å². The molecule has 0 radical (unpaired) electrons. The van der Waals surface area contributed by atoms with Crippen molar-refractivity contribution in [1.82, 2.24) is 15.1 Å². The molecule has 2 aromatic rings. The Morgan fingerprint density at radius 1 is 1.38 bits per heavy atom. The molecular weight excluding hydrogens is 340 g/mol.